The van der Waals surface area contributed by atoms with E-state index in [0.29, 0.717) is 29.5 Å². The van der Waals surface area contributed by atoms with E-state index < -0.39 is 5.54 Å². The van der Waals surface area contributed by atoms with Gasteiger partial charge in [0.1, 0.15) is 5.54 Å². The summed E-state index contributed by atoms with van der Waals surface area (Å²) in [6.45, 7) is 4.46. The fourth-order valence-electron chi connectivity index (χ4n) is 4.71. The summed E-state index contributed by atoms with van der Waals surface area (Å²) < 4.78 is 0. The van der Waals surface area contributed by atoms with Crippen molar-refractivity contribution in [3.63, 3.8) is 0 Å². The molecule has 2 amide bonds. The summed E-state index contributed by atoms with van der Waals surface area (Å²) in [5, 5.41) is 3.87. The first-order valence-electron chi connectivity index (χ1n) is 10.8. The van der Waals surface area contributed by atoms with E-state index in [9.17, 15) is 9.59 Å². The number of amides is 2. The molecule has 1 atom stereocenters. The first kappa shape index (κ1) is 20.9. The summed E-state index contributed by atoms with van der Waals surface area (Å²) in [5.74, 6) is 0.525. The van der Waals surface area contributed by atoms with Crippen molar-refractivity contribution in [3.05, 3.63) is 70.2 Å². The normalized spacial score (nSPS) is 26.2. The second-order valence-corrected chi connectivity index (χ2v) is 9.43. The number of halogens is 1. The number of hydrogen-bond donors (Lipinski definition) is 1. The van der Waals surface area contributed by atoms with Crippen LogP contribution in [0.5, 0.6) is 0 Å². The van der Waals surface area contributed by atoms with E-state index in [4.69, 9.17) is 11.6 Å². The Hall–Kier alpha value is -2.33. The molecule has 1 N–H and O–H groups in total. The van der Waals surface area contributed by atoms with Crippen molar-refractivity contribution in [2.24, 2.45) is 5.92 Å². The second-order valence-electron chi connectivity index (χ2n) is 9.02. The summed E-state index contributed by atoms with van der Waals surface area (Å²) >= 11 is 6.39. The summed E-state index contributed by atoms with van der Waals surface area (Å²) in [7, 11) is 0. The highest BCUT2D eigenvalue weighted by molar-refractivity contribution is 6.31. The predicted octanol–water partition coefficient (Wildman–Crippen LogP) is 4.99. The largest absolute Gasteiger partial charge is 0.351 e. The molecule has 4 nitrogen and oxygen atoms in total. The van der Waals surface area contributed by atoms with Crippen molar-refractivity contribution >= 4 is 23.4 Å². The van der Waals surface area contributed by atoms with Gasteiger partial charge in [0.05, 0.1) is 0 Å². The molecule has 0 bridgehead atoms. The molecule has 5 heteroatoms. The zero-order chi connectivity index (χ0) is 21.3. The number of benzene rings is 2. The van der Waals surface area contributed by atoms with Crippen molar-refractivity contribution < 1.29 is 9.59 Å². The van der Waals surface area contributed by atoms with Crippen LogP contribution in [0, 0.1) is 5.92 Å². The lowest BCUT2D eigenvalue weighted by Crippen LogP contribution is -2.63. The molecule has 1 aliphatic heterocycles. The minimum Gasteiger partial charge on any atom is -0.351 e. The number of carbonyl (C=O) groups is 2. The first-order chi connectivity index (χ1) is 14.4. The van der Waals surface area contributed by atoms with Gasteiger partial charge in [-0.05, 0) is 61.8 Å². The standard InChI is InChI=1S/C25H29ClN2O2/c1-17-11-13-20(14-12-17)27-24(30)25(2)15-18-7-3-5-9-21(18)23(29)28(25)16-19-8-4-6-10-22(19)26/h3-10,17,20H,11-16H2,1-2H3,(H,27,30)/t17?,20?,25-/m1/s1. The van der Waals surface area contributed by atoms with Gasteiger partial charge in [0.15, 0.2) is 0 Å². The third-order valence-electron chi connectivity index (χ3n) is 6.75. The minimum absolute atomic E-state index is 0.0723. The summed E-state index contributed by atoms with van der Waals surface area (Å²) in [6.07, 6.45) is 4.75. The lowest BCUT2D eigenvalue weighted by Gasteiger charge is -2.45. The maximum atomic E-state index is 13.6. The predicted molar refractivity (Wildman–Crippen MR) is 119 cm³/mol. The Morgan fingerprint density at radius 1 is 1.10 bits per heavy atom. The van der Waals surface area contributed by atoms with Gasteiger partial charge < -0.3 is 10.2 Å². The summed E-state index contributed by atoms with van der Waals surface area (Å²) in [5.41, 5.74) is 1.47. The lowest BCUT2D eigenvalue weighted by atomic mass is 9.81. The fourth-order valence-corrected chi connectivity index (χ4v) is 4.91. The van der Waals surface area contributed by atoms with E-state index in [2.05, 4.69) is 12.2 Å². The monoisotopic (exact) mass is 424 g/mol. The molecule has 1 fully saturated rings. The van der Waals surface area contributed by atoms with Crippen LogP contribution in [-0.2, 0) is 17.8 Å². The van der Waals surface area contributed by atoms with Crippen LogP contribution in [0.15, 0.2) is 48.5 Å². The lowest BCUT2D eigenvalue weighted by molar-refractivity contribution is -0.133. The Morgan fingerprint density at radius 2 is 1.77 bits per heavy atom. The van der Waals surface area contributed by atoms with Crippen molar-refractivity contribution in [1.82, 2.24) is 10.2 Å². The van der Waals surface area contributed by atoms with Crippen LogP contribution in [0.2, 0.25) is 5.02 Å². The van der Waals surface area contributed by atoms with Gasteiger partial charge in [0, 0.05) is 29.6 Å². The third-order valence-corrected chi connectivity index (χ3v) is 7.12. The molecule has 1 saturated carbocycles. The van der Waals surface area contributed by atoms with Crippen molar-refractivity contribution in [3.8, 4) is 0 Å². The number of rotatable bonds is 4. The quantitative estimate of drug-likeness (QED) is 0.751. The van der Waals surface area contributed by atoms with Gasteiger partial charge in [-0.2, -0.15) is 0 Å². The third kappa shape index (κ3) is 3.98. The number of hydrogen-bond acceptors (Lipinski definition) is 2. The molecule has 2 aromatic rings. The van der Waals surface area contributed by atoms with Crippen LogP contribution in [0.25, 0.3) is 0 Å². The van der Waals surface area contributed by atoms with Crippen LogP contribution < -0.4 is 5.32 Å². The molecule has 0 spiro atoms. The molecule has 0 unspecified atom stereocenters. The van der Waals surface area contributed by atoms with E-state index in [-0.39, 0.29) is 17.9 Å². The molecular formula is C25H29ClN2O2. The van der Waals surface area contributed by atoms with Gasteiger partial charge in [-0.15, -0.1) is 0 Å². The van der Waals surface area contributed by atoms with E-state index in [1.807, 2.05) is 55.5 Å². The van der Waals surface area contributed by atoms with E-state index in [0.717, 1.165) is 36.8 Å². The summed E-state index contributed by atoms with van der Waals surface area (Å²) in [6, 6.07) is 15.3. The molecule has 1 heterocycles. The van der Waals surface area contributed by atoms with Crippen molar-refractivity contribution in [1.29, 1.82) is 0 Å². The van der Waals surface area contributed by atoms with E-state index >= 15 is 0 Å². The highest BCUT2D eigenvalue weighted by Gasteiger charge is 2.47. The average Bonchev–Trinajstić information content (AvgIpc) is 2.74. The molecule has 2 aromatic carbocycles. The van der Waals surface area contributed by atoms with Crippen LogP contribution in [0.1, 0.15) is 61.0 Å². The van der Waals surface area contributed by atoms with Gasteiger partial charge in [0.2, 0.25) is 5.91 Å². The Balaban J connectivity index is 1.65. The van der Waals surface area contributed by atoms with Crippen molar-refractivity contribution in [2.45, 2.75) is 64.1 Å². The van der Waals surface area contributed by atoms with Crippen LogP contribution in [0.3, 0.4) is 0 Å². The Morgan fingerprint density at radius 3 is 2.50 bits per heavy atom. The average molecular weight is 425 g/mol. The Bertz CT molecular complexity index is 952. The molecular weight excluding hydrogens is 396 g/mol. The SMILES string of the molecule is CC1CCC(NC(=O)[C@@]2(C)Cc3ccccc3C(=O)N2Cc2ccccc2Cl)CC1. The fraction of sp³-hybridized carbons (Fsp3) is 0.440. The number of carbonyl (C=O) groups excluding carboxylic acids is 2. The molecule has 0 radical (unpaired) electrons. The zero-order valence-electron chi connectivity index (χ0n) is 17.7. The topological polar surface area (TPSA) is 49.4 Å². The van der Waals surface area contributed by atoms with Crippen LogP contribution >= 0.6 is 11.6 Å². The maximum absolute atomic E-state index is 13.6. The smallest absolute Gasteiger partial charge is 0.255 e. The Kier molecular flexibility index (Phi) is 5.88. The zero-order valence-corrected chi connectivity index (χ0v) is 18.4. The van der Waals surface area contributed by atoms with Gasteiger partial charge in [-0.25, -0.2) is 0 Å². The van der Waals surface area contributed by atoms with E-state index in [1.165, 1.54) is 0 Å². The number of nitrogens with one attached hydrogen (secondary N) is 1. The molecule has 0 aromatic heterocycles. The molecule has 158 valence electrons. The number of nitrogens with zero attached hydrogens (tertiary/aromatic N) is 1. The molecule has 4 rings (SSSR count). The number of fused-ring (bicyclic) bond motifs is 1. The Labute approximate surface area is 183 Å². The molecule has 0 saturated heterocycles. The van der Waals surface area contributed by atoms with Crippen LogP contribution in [-0.4, -0.2) is 28.3 Å². The van der Waals surface area contributed by atoms with Gasteiger partial charge in [-0.3, -0.25) is 9.59 Å². The van der Waals surface area contributed by atoms with Gasteiger partial charge in [-0.1, -0.05) is 54.9 Å². The van der Waals surface area contributed by atoms with Gasteiger partial charge in [0.25, 0.3) is 5.91 Å². The highest BCUT2D eigenvalue weighted by Crippen LogP contribution is 2.34. The maximum Gasteiger partial charge on any atom is 0.255 e. The molecule has 2 aliphatic rings. The van der Waals surface area contributed by atoms with Gasteiger partial charge >= 0.3 is 0 Å². The first-order valence-corrected chi connectivity index (χ1v) is 11.2. The van der Waals surface area contributed by atoms with Crippen molar-refractivity contribution in [2.75, 3.05) is 0 Å². The molecule has 1 aliphatic carbocycles. The van der Waals surface area contributed by atoms with E-state index in [1.54, 1.807) is 4.90 Å². The molecule has 30 heavy (non-hydrogen) atoms. The second kappa shape index (κ2) is 8.43. The highest BCUT2D eigenvalue weighted by atomic mass is 35.5. The van der Waals surface area contributed by atoms with Crippen LogP contribution in [0.4, 0.5) is 0 Å². The minimum atomic E-state index is -0.965. The summed E-state index contributed by atoms with van der Waals surface area (Å²) in [4.78, 5) is 28.8.